The zero-order valence-electron chi connectivity index (χ0n) is 15.7. The fourth-order valence-corrected chi connectivity index (χ4v) is 5.18. The lowest BCUT2D eigenvalue weighted by atomic mass is 9.96. The second kappa shape index (κ2) is 7.96. The maximum absolute atomic E-state index is 12.9. The number of piperazine rings is 1. The van der Waals surface area contributed by atoms with Crippen LogP contribution >= 0.6 is 0 Å². The molecule has 1 aromatic carbocycles. The zero-order chi connectivity index (χ0) is 18.7. The Kier molecular flexibility index (Phi) is 5.87. The molecule has 6 nitrogen and oxygen atoms in total. The summed E-state index contributed by atoms with van der Waals surface area (Å²) in [5.74, 6) is 0. The maximum atomic E-state index is 12.9. The summed E-state index contributed by atoms with van der Waals surface area (Å²) in [5.41, 5.74) is 2.05. The monoisotopic (exact) mass is 379 g/mol. The molecule has 144 valence electrons. The van der Waals surface area contributed by atoms with Crippen LogP contribution in [0.5, 0.6) is 0 Å². The number of amides is 2. The predicted octanol–water partition coefficient (Wildman–Crippen LogP) is 2.65. The molecule has 0 unspecified atom stereocenters. The van der Waals surface area contributed by atoms with Crippen LogP contribution in [0.25, 0.3) is 0 Å². The minimum atomic E-state index is -3.50. The average Bonchev–Trinajstić information content (AvgIpc) is 2.65. The molecule has 26 heavy (non-hydrogen) atoms. The molecule has 1 aliphatic carbocycles. The van der Waals surface area contributed by atoms with Crippen LogP contribution < -0.4 is 5.32 Å². The summed E-state index contributed by atoms with van der Waals surface area (Å²) in [5, 5.41) is 3.11. The van der Waals surface area contributed by atoms with E-state index in [1.54, 1.807) is 17.0 Å². The third-order valence-corrected chi connectivity index (χ3v) is 7.47. The van der Waals surface area contributed by atoms with Crippen LogP contribution in [0.4, 0.5) is 4.79 Å². The van der Waals surface area contributed by atoms with Gasteiger partial charge in [-0.2, -0.15) is 4.31 Å². The van der Waals surface area contributed by atoms with E-state index in [0.29, 0.717) is 31.1 Å². The van der Waals surface area contributed by atoms with Crippen molar-refractivity contribution < 1.29 is 13.2 Å². The van der Waals surface area contributed by atoms with Crippen molar-refractivity contribution in [1.82, 2.24) is 14.5 Å². The SMILES string of the molecule is Cc1ccc(S(=O)(=O)N2CCN(C(=O)NC3CCCCC3)CC2)cc1C. The van der Waals surface area contributed by atoms with Gasteiger partial charge in [0.2, 0.25) is 10.0 Å². The minimum absolute atomic E-state index is 0.0554. The quantitative estimate of drug-likeness (QED) is 0.878. The molecule has 3 rings (SSSR count). The molecule has 0 aromatic heterocycles. The Labute approximate surface area is 156 Å². The van der Waals surface area contributed by atoms with Crippen molar-refractivity contribution in [3.8, 4) is 0 Å². The Morgan fingerprint density at radius 2 is 1.65 bits per heavy atom. The van der Waals surface area contributed by atoms with Crippen molar-refractivity contribution in [1.29, 1.82) is 0 Å². The van der Waals surface area contributed by atoms with Crippen LogP contribution in [-0.2, 0) is 10.0 Å². The highest BCUT2D eigenvalue weighted by Gasteiger charge is 2.31. The van der Waals surface area contributed by atoms with Gasteiger partial charge in [-0.15, -0.1) is 0 Å². The first kappa shape index (κ1) is 19.2. The third-order valence-electron chi connectivity index (χ3n) is 5.57. The molecule has 0 bridgehead atoms. The summed E-state index contributed by atoms with van der Waals surface area (Å²) in [4.78, 5) is 14.5. The van der Waals surface area contributed by atoms with Gasteiger partial charge in [0.25, 0.3) is 0 Å². The summed E-state index contributed by atoms with van der Waals surface area (Å²) in [6.07, 6.45) is 5.70. The van der Waals surface area contributed by atoms with Gasteiger partial charge in [-0.05, 0) is 49.9 Å². The average molecular weight is 380 g/mol. The van der Waals surface area contributed by atoms with Gasteiger partial charge in [-0.3, -0.25) is 0 Å². The van der Waals surface area contributed by atoms with Gasteiger partial charge in [0.15, 0.2) is 0 Å². The predicted molar refractivity (Wildman–Crippen MR) is 102 cm³/mol. The Morgan fingerprint density at radius 1 is 1.00 bits per heavy atom. The van der Waals surface area contributed by atoms with E-state index in [1.165, 1.54) is 23.6 Å². The lowest BCUT2D eigenvalue weighted by Gasteiger charge is -2.35. The number of hydrogen-bond donors (Lipinski definition) is 1. The van der Waals surface area contributed by atoms with Crippen molar-refractivity contribution in [2.24, 2.45) is 0 Å². The van der Waals surface area contributed by atoms with E-state index < -0.39 is 10.0 Å². The molecular weight excluding hydrogens is 350 g/mol. The van der Waals surface area contributed by atoms with Gasteiger partial charge in [0.05, 0.1) is 4.90 Å². The Bertz CT molecular complexity index is 749. The van der Waals surface area contributed by atoms with E-state index >= 15 is 0 Å². The van der Waals surface area contributed by atoms with E-state index in [2.05, 4.69) is 5.32 Å². The van der Waals surface area contributed by atoms with Gasteiger partial charge in [0, 0.05) is 32.2 Å². The van der Waals surface area contributed by atoms with E-state index in [1.807, 2.05) is 19.9 Å². The number of rotatable bonds is 3. The Morgan fingerprint density at radius 3 is 2.27 bits per heavy atom. The molecule has 0 spiro atoms. The van der Waals surface area contributed by atoms with Crippen LogP contribution in [-0.4, -0.2) is 55.9 Å². The topological polar surface area (TPSA) is 69.7 Å². The normalized spacial score (nSPS) is 20.2. The highest BCUT2D eigenvalue weighted by molar-refractivity contribution is 7.89. The number of benzene rings is 1. The van der Waals surface area contributed by atoms with E-state index in [-0.39, 0.29) is 12.1 Å². The van der Waals surface area contributed by atoms with Gasteiger partial charge in [-0.1, -0.05) is 25.3 Å². The van der Waals surface area contributed by atoms with Crippen molar-refractivity contribution >= 4 is 16.1 Å². The summed E-state index contributed by atoms with van der Waals surface area (Å²) in [6, 6.07) is 5.46. The number of carbonyl (C=O) groups is 1. The fourth-order valence-electron chi connectivity index (χ4n) is 3.67. The largest absolute Gasteiger partial charge is 0.335 e. The van der Waals surface area contributed by atoms with Crippen molar-refractivity contribution in [3.63, 3.8) is 0 Å². The second-order valence-corrected chi connectivity index (χ2v) is 9.36. The molecule has 1 saturated carbocycles. The maximum Gasteiger partial charge on any atom is 0.317 e. The van der Waals surface area contributed by atoms with Gasteiger partial charge >= 0.3 is 6.03 Å². The summed E-state index contributed by atoms with van der Waals surface area (Å²) in [6.45, 7) is 5.43. The Hall–Kier alpha value is -1.60. The summed E-state index contributed by atoms with van der Waals surface area (Å²) in [7, 11) is -3.50. The number of aryl methyl sites for hydroxylation is 2. The smallest absolute Gasteiger partial charge is 0.317 e. The van der Waals surface area contributed by atoms with Crippen LogP contribution in [0.1, 0.15) is 43.2 Å². The van der Waals surface area contributed by atoms with Gasteiger partial charge < -0.3 is 10.2 Å². The first-order valence-electron chi connectivity index (χ1n) is 9.51. The van der Waals surface area contributed by atoms with Crippen molar-refractivity contribution in [2.75, 3.05) is 26.2 Å². The van der Waals surface area contributed by atoms with Crippen LogP contribution in [0, 0.1) is 13.8 Å². The molecule has 2 fully saturated rings. The first-order chi connectivity index (χ1) is 12.4. The number of nitrogens with zero attached hydrogens (tertiary/aromatic N) is 2. The number of urea groups is 1. The lowest BCUT2D eigenvalue weighted by molar-refractivity contribution is 0.166. The lowest BCUT2D eigenvalue weighted by Crippen LogP contribution is -2.54. The number of hydrogen-bond acceptors (Lipinski definition) is 3. The van der Waals surface area contributed by atoms with E-state index in [0.717, 1.165) is 24.0 Å². The number of sulfonamides is 1. The number of nitrogens with one attached hydrogen (secondary N) is 1. The van der Waals surface area contributed by atoms with Crippen LogP contribution in [0.3, 0.4) is 0 Å². The molecule has 2 amide bonds. The molecule has 1 saturated heterocycles. The highest BCUT2D eigenvalue weighted by atomic mass is 32.2. The molecule has 1 aromatic rings. The zero-order valence-corrected chi connectivity index (χ0v) is 16.5. The molecule has 1 heterocycles. The molecule has 0 atom stereocenters. The van der Waals surface area contributed by atoms with Crippen LogP contribution in [0.15, 0.2) is 23.1 Å². The highest BCUT2D eigenvalue weighted by Crippen LogP contribution is 2.21. The Balaban J connectivity index is 1.58. The molecule has 2 aliphatic rings. The van der Waals surface area contributed by atoms with E-state index in [4.69, 9.17) is 0 Å². The van der Waals surface area contributed by atoms with E-state index in [9.17, 15) is 13.2 Å². The fraction of sp³-hybridized carbons (Fsp3) is 0.632. The standard InChI is InChI=1S/C19H29N3O3S/c1-15-8-9-18(14-16(15)2)26(24,25)22-12-10-21(11-13-22)19(23)20-17-6-4-3-5-7-17/h8-9,14,17H,3-7,10-13H2,1-2H3,(H,20,23). The molecule has 7 heteroatoms. The molecular formula is C19H29N3O3S. The minimum Gasteiger partial charge on any atom is -0.335 e. The van der Waals surface area contributed by atoms with Crippen molar-refractivity contribution in [2.45, 2.75) is 56.9 Å². The molecule has 1 aliphatic heterocycles. The second-order valence-electron chi connectivity index (χ2n) is 7.42. The third kappa shape index (κ3) is 4.20. The summed E-state index contributed by atoms with van der Waals surface area (Å²) >= 11 is 0. The molecule has 1 N–H and O–H groups in total. The first-order valence-corrected chi connectivity index (χ1v) is 10.9. The van der Waals surface area contributed by atoms with Gasteiger partial charge in [0.1, 0.15) is 0 Å². The van der Waals surface area contributed by atoms with Gasteiger partial charge in [-0.25, -0.2) is 13.2 Å². The van der Waals surface area contributed by atoms with Crippen molar-refractivity contribution in [3.05, 3.63) is 29.3 Å². The molecule has 0 radical (unpaired) electrons. The number of carbonyl (C=O) groups excluding carboxylic acids is 1. The summed E-state index contributed by atoms with van der Waals surface area (Å²) < 4.78 is 27.2. The van der Waals surface area contributed by atoms with Crippen LogP contribution in [0.2, 0.25) is 0 Å².